The Morgan fingerprint density at radius 3 is 2.32 bits per heavy atom. The highest BCUT2D eigenvalue weighted by molar-refractivity contribution is 6.30. The molecule has 0 spiro atoms. The monoisotopic (exact) mass is 284 g/mol. The second-order valence-corrected chi connectivity index (χ2v) is 4.43. The van der Waals surface area contributed by atoms with Gasteiger partial charge < -0.3 is 9.84 Å². The van der Waals surface area contributed by atoms with Crippen LogP contribution in [0.1, 0.15) is 17.2 Å². The van der Waals surface area contributed by atoms with Crippen LogP contribution in [0.25, 0.3) is 0 Å². The first-order valence-corrected chi connectivity index (χ1v) is 5.86. The molecule has 0 amide bonds. The topological polar surface area (TPSA) is 29.5 Å². The Balaban J connectivity index is 2.48. The van der Waals surface area contributed by atoms with E-state index in [2.05, 4.69) is 0 Å². The van der Waals surface area contributed by atoms with Gasteiger partial charge in [-0.3, -0.25) is 0 Å². The van der Waals surface area contributed by atoms with Crippen LogP contribution < -0.4 is 4.74 Å². The van der Waals surface area contributed by atoms with Gasteiger partial charge in [-0.1, -0.05) is 11.6 Å². The van der Waals surface area contributed by atoms with E-state index in [0.29, 0.717) is 16.3 Å². The van der Waals surface area contributed by atoms with E-state index in [0.717, 1.165) is 18.2 Å². The second kappa shape index (κ2) is 5.55. The number of rotatable bonds is 3. The van der Waals surface area contributed by atoms with E-state index in [1.807, 2.05) is 0 Å². The largest absolute Gasteiger partial charge is 0.496 e. The van der Waals surface area contributed by atoms with Gasteiger partial charge in [0.25, 0.3) is 0 Å². The highest BCUT2D eigenvalue weighted by atomic mass is 35.5. The summed E-state index contributed by atoms with van der Waals surface area (Å²) in [6.07, 6.45) is -1.22. The van der Waals surface area contributed by atoms with Crippen LogP contribution in [0.4, 0.5) is 8.78 Å². The summed E-state index contributed by atoms with van der Waals surface area (Å²) in [5, 5.41) is 10.6. The first-order chi connectivity index (χ1) is 9.01. The summed E-state index contributed by atoms with van der Waals surface area (Å²) < 4.78 is 31.4. The average Bonchev–Trinajstić information content (AvgIpc) is 2.36. The third kappa shape index (κ3) is 3.03. The number of methoxy groups -OCH3 is 1. The molecule has 1 unspecified atom stereocenters. The lowest BCUT2D eigenvalue weighted by Gasteiger charge is -2.15. The summed E-state index contributed by atoms with van der Waals surface area (Å²) in [6, 6.07) is 7.54. The fraction of sp³-hybridized carbons (Fsp3) is 0.143. The summed E-state index contributed by atoms with van der Waals surface area (Å²) in [7, 11) is 1.44. The van der Waals surface area contributed by atoms with Crippen LogP contribution in [0.3, 0.4) is 0 Å². The Labute approximate surface area is 114 Å². The molecule has 19 heavy (non-hydrogen) atoms. The lowest BCUT2D eigenvalue weighted by molar-refractivity contribution is 0.213. The summed E-state index contributed by atoms with van der Waals surface area (Å²) in [5.41, 5.74) is 0.443. The molecule has 0 aromatic heterocycles. The molecule has 0 saturated carbocycles. The molecular weight excluding hydrogens is 274 g/mol. The third-order valence-corrected chi connectivity index (χ3v) is 2.92. The molecule has 0 fully saturated rings. The van der Waals surface area contributed by atoms with E-state index in [9.17, 15) is 13.9 Å². The van der Waals surface area contributed by atoms with E-state index in [1.54, 1.807) is 12.1 Å². The highest BCUT2D eigenvalue weighted by Crippen LogP contribution is 2.32. The molecule has 0 aliphatic heterocycles. The number of halogens is 3. The maximum atomic E-state index is 13.2. The molecule has 0 heterocycles. The van der Waals surface area contributed by atoms with Crippen molar-refractivity contribution >= 4 is 11.6 Å². The first-order valence-electron chi connectivity index (χ1n) is 5.48. The standard InChI is InChI=1S/C14H11ClF2O2/c1-19-13-3-2-9(15)6-12(13)14(18)8-4-10(16)7-11(17)5-8/h2-7,14,18H,1H3. The van der Waals surface area contributed by atoms with Crippen molar-refractivity contribution in [3.05, 3.63) is 64.2 Å². The Bertz CT molecular complexity index is 582. The molecule has 2 aromatic rings. The molecule has 100 valence electrons. The van der Waals surface area contributed by atoms with E-state index in [4.69, 9.17) is 16.3 Å². The Kier molecular flexibility index (Phi) is 4.02. The number of aliphatic hydroxyl groups excluding tert-OH is 1. The predicted molar refractivity (Wildman–Crippen MR) is 68.4 cm³/mol. The molecule has 2 nitrogen and oxygen atoms in total. The molecule has 1 atom stereocenters. The van der Waals surface area contributed by atoms with Gasteiger partial charge in [0.2, 0.25) is 0 Å². The van der Waals surface area contributed by atoms with Crippen molar-refractivity contribution in [3.63, 3.8) is 0 Å². The van der Waals surface area contributed by atoms with Gasteiger partial charge in [0, 0.05) is 16.7 Å². The second-order valence-electron chi connectivity index (χ2n) is 3.99. The zero-order valence-electron chi connectivity index (χ0n) is 10.0. The summed E-state index contributed by atoms with van der Waals surface area (Å²) in [5.74, 6) is -1.12. The maximum absolute atomic E-state index is 13.2. The number of aliphatic hydroxyl groups is 1. The average molecular weight is 285 g/mol. The molecular formula is C14H11ClF2O2. The van der Waals surface area contributed by atoms with E-state index < -0.39 is 17.7 Å². The number of ether oxygens (including phenoxy) is 1. The van der Waals surface area contributed by atoms with Gasteiger partial charge >= 0.3 is 0 Å². The zero-order chi connectivity index (χ0) is 14.0. The summed E-state index contributed by atoms with van der Waals surface area (Å²) in [6.45, 7) is 0. The van der Waals surface area contributed by atoms with Gasteiger partial charge in [-0.25, -0.2) is 8.78 Å². The smallest absolute Gasteiger partial charge is 0.126 e. The van der Waals surface area contributed by atoms with Crippen LogP contribution in [0.2, 0.25) is 5.02 Å². The van der Waals surface area contributed by atoms with E-state index in [-0.39, 0.29) is 5.56 Å². The minimum atomic E-state index is -1.22. The van der Waals surface area contributed by atoms with Gasteiger partial charge in [-0.05, 0) is 35.9 Å². The van der Waals surface area contributed by atoms with Gasteiger partial charge in [-0.2, -0.15) is 0 Å². The van der Waals surface area contributed by atoms with Crippen molar-refractivity contribution in [1.29, 1.82) is 0 Å². The van der Waals surface area contributed by atoms with Crippen LogP contribution in [0.5, 0.6) is 5.75 Å². The maximum Gasteiger partial charge on any atom is 0.126 e. The van der Waals surface area contributed by atoms with E-state index >= 15 is 0 Å². The van der Waals surface area contributed by atoms with Crippen LogP contribution in [0, 0.1) is 11.6 Å². The Morgan fingerprint density at radius 2 is 1.74 bits per heavy atom. The van der Waals surface area contributed by atoms with Gasteiger partial charge in [0.05, 0.1) is 7.11 Å². The fourth-order valence-electron chi connectivity index (χ4n) is 1.83. The van der Waals surface area contributed by atoms with Crippen molar-refractivity contribution in [3.8, 4) is 5.75 Å². The summed E-state index contributed by atoms with van der Waals surface area (Å²) in [4.78, 5) is 0. The zero-order valence-corrected chi connectivity index (χ0v) is 10.8. The number of benzene rings is 2. The molecule has 0 bridgehead atoms. The lowest BCUT2D eigenvalue weighted by Crippen LogP contribution is -2.03. The Hall–Kier alpha value is -1.65. The third-order valence-electron chi connectivity index (χ3n) is 2.69. The number of hydrogen-bond acceptors (Lipinski definition) is 2. The van der Waals surface area contributed by atoms with Gasteiger partial charge in [0.1, 0.15) is 23.5 Å². The minimum absolute atomic E-state index is 0.0954. The van der Waals surface area contributed by atoms with Crippen molar-refractivity contribution in [1.82, 2.24) is 0 Å². The first kappa shape index (κ1) is 13.8. The van der Waals surface area contributed by atoms with Crippen LogP contribution >= 0.6 is 11.6 Å². The predicted octanol–water partition coefficient (Wildman–Crippen LogP) is 3.71. The van der Waals surface area contributed by atoms with Crippen LogP contribution in [-0.2, 0) is 0 Å². The SMILES string of the molecule is COc1ccc(Cl)cc1C(O)c1cc(F)cc(F)c1. The normalized spacial score (nSPS) is 12.3. The molecule has 0 saturated heterocycles. The molecule has 0 aliphatic carbocycles. The van der Waals surface area contributed by atoms with Gasteiger partial charge in [-0.15, -0.1) is 0 Å². The molecule has 2 rings (SSSR count). The lowest BCUT2D eigenvalue weighted by atomic mass is 10.0. The van der Waals surface area contributed by atoms with Crippen molar-refractivity contribution < 1.29 is 18.6 Å². The number of hydrogen-bond donors (Lipinski definition) is 1. The van der Waals surface area contributed by atoms with Crippen LogP contribution in [-0.4, -0.2) is 12.2 Å². The molecule has 2 aromatic carbocycles. The fourth-order valence-corrected chi connectivity index (χ4v) is 2.01. The minimum Gasteiger partial charge on any atom is -0.496 e. The quantitative estimate of drug-likeness (QED) is 0.931. The van der Waals surface area contributed by atoms with E-state index in [1.165, 1.54) is 13.2 Å². The van der Waals surface area contributed by atoms with Gasteiger partial charge in [0.15, 0.2) is 0 Å². The summed E-state index contributed by atoms with van der Waals surface area (Å²) >= 11 is 5.85. The Morgan fingerprint density at radius 1 is 1.11 bits per heavy atom. The van der Waals surface area contributed by atoms with Crippen molar-refractivity contribution in [2.75, 3.05) is 7.11 Å². The highest BCUT2D eigenvalue weighted by Gasteiger charge is 2.17. The molecule has 1 N–H and O–H groups in total. The molecule has 5 heteroatoms. The van der Waals surface area contributed by atoms with Crippen LogP contribution in [0.15, 0.2) is 36.4 Å². The molecule has 0 radical (unpaired) electrons. The van der Waals surface area contributed by atoms with Crippen molar-refractivity contribution in [2.45, 2.75) is 6.10 Å². The molecule has 0 aliphatic rings. The van der Waals surface area contributed by atoms with Crippen molar-refractivity contribution in [2.24, 2.45) is 0 Å².